The summed E-state index contributed by atoms with van der Waals surface area (Å²) in [4.78, 5) is 47.9. The monoisotopic (exact) mass is 395 g/mol. The number of anilines is 1. The highest BCUT2D eigenvalue weighted by Gasteiger charge is 2.16. The van der Waals surface area contributed by atoms with Crippen LogP contribution < -0.4 is 10.7 Å². The van der Waals surface area contributed by atoms with Gasteiger partial charge in [0.05, 0.1) is 18.1 Å². The van der Waals surface area contributed by atoms with Gasteiger partial charge in [0.1, 0.15) is 5.58 Å². The third kappa shape index (κ3) is 4.49. The third-order valence-corrected chi connectivity index (χ3v) is 4.10. The summed E-state index contributed by atoms with van der Waals surface area (Å²) in [7, 11) is 1.26. The lowest BCUT2D eigenvalue weighted by Crippen LogP contribution is -2.22. The standard InChI is InChI=1S/C21H17NO7/c1-12-7-8-13(20(25)27-2)9-15(12)22-19(24)11-28-21(26)18-10-16(23)14-5-3-4-6-17(14)29-18/h3-10H,11H2,1-2H3,(H,22,24). The molecule has 8 nitrogen and oxygen atoms in total. The van der Waals surface area contributed by atoms with Crippen LogP contribution in [0.2, 0.25) is 0 Å². The average Bonchev–Trinajstić information content (AvgIpc) is 2.73. The molecule has 0 spiro atoms. The Morgan fingerprint density at radius 3 is 2.55 bits per heavy atom. The predicted octanol–water partition coefficient (Wildman–Crippen LogP) is 2.68. The summed E-state index contributed by atoms with van der Waals surface area (Å²) >= 11 is 0. The normalized spacial score (nSPS) is 10.4. The maximum atomic E-state index is 12.2. The maximum Gasteiger partial charge on any atom is 0.374 e. The number of para-hydroxylation sites is 1. The molecule has 148 valence electrons. The van der Waals surface area contributed by atoms with Crippen LogP contribution in [-0.2, 0) is 14.3 Å². The van der Waals surface area contributed by atoms with Gasteiger partial charge in [-0.25, -0.2) is 9.59 Å². The molecule has 0 aliphatic rings. The van der Waals surface area contributed by atoms with E-state index in [1.165, 1.54) is 13.2 Å². The molecule has 0 unspecified atom stereocenters. The molecule has 0 atom stereocenters. The fourth-order valence-corrected chi connectivity index (χ4v) is 2.59. The molecule has 8 heteroatoms. The molecule has 0 fully saturated rings. The number of nitrogens with one attached hydrogen (secondary N) is 1. The van der Waals surface area contributed by atoms with Crippen LogP contribution in [-0.4, -0.2) is 31.6 Å². The molecule has 3 aromatic rings. The molecule has 0 bridgehead atoms. The number of carbonyl (C=O) groups excluding carboxylic acids is 3. The van der Waals surface area contributed by atoms with Crippen LogP contribution in [0.15, 0.2) is 57.7 Å². The van der Waals surface area contributed by atoms with E-state index in [2.05, 4.69) is 10.1 Å². The lowest BCUT2D eigenvalue weighted by Gasteiger charge is -2.10. The number of rotatable bonds is 5. The Hall–Kier alpha value is -3.94. The molecule has 0 saturated heterocycles. The van der Waals surface area contributed by atoms with Gasteiger partial charge in [-0.15, -0.1) is 0 Å². The zero-order valence-electron chi connectivity index (χ0n) is 15.7. The Balaban J connectivity index is 1.67. The average molecular weight is 395 g/mol. The van der Waals surface area contributed by atoms with E-state index in [4.69, 9.17) is 9.15 Å². The van der Waals surface area contributed by atoms with Crippen molar-refractivity contribution in [2.24, 2.45) is 0 Å². The molecule has 2 aromatic carbocycles. The van der Waals surface area contributed by atoms with Gasteiger partial charge in [-0.3, -0.25) is 9.59 Å². The van der Waals surface area contributed by atoms with Crippen molar-refractivity contribution in [1.82, 2.24) is 0 Å². The Kier molecular flexibility index (Phi) is 5.73. The van der Waals surface area contributed by atoms with Gasteiger partial charge < -0.3 is 19.2 Å². The molecule has 0 radical (unpaired) electrons. The molecule has 0 aliphatic carbocycles. The second-order valence-corrected chi connectivity index (χ2v) is 6.12. The summed E-state index contributed by atoms with van der Waals surface area (Å²) in [6.45, 7) is 1.14. The number of methoxy groups -OCH3 is 1. The van der Waals surface area contributed by atoms with E-state index in [9.17, 15) is 19.2 Å². The summed E-state index contributed by atoms with van der Waals surface area (Å²) in [5.41, 5.74) is 1.21. The van der Waals surface area contributed by atoms with Crippen LogP contribution in [0, 0.1) is 6.92 Å². The zero-order chi connectivity index (χ0) is 21.0. The largest absolute Gasteiger partial charge is 0.465 e. The molecule has 0 aliphatic heterocycles. The summed E-state index contributed by atoms with van der Waals surface area (Å²) in [6, 6.07) is 12.2. The Morgan fingerprint density at radius 1 is 1.03 bits per heavy atom. The number of fused-ring (bicyclic) bond motifs is 1. The topological polar surface area (TPSA) is 112 Å². The second-order valence-electron chi connectivity index (χ2n) is 6.12. The van der Waals surface area contributed by atoms with E-state index in [1.54, 1.807) is 43.3 Å². The van der Waals surface area contributed by atoms with Crippen molar-refractivity contribution in [2.75, 3.05) is 19.0 Å². The van der Waals surface area contributed by atoms with Crippen molar-refractivity contribution in [3.05, 3.63) is 75.6 Å². The van der Waals surface area contributed by atoms with Gasteiger partial charge in [0, 0.05) is 11.8 Å². The first kappa shape index (κ1) is 19.8. The summed E-state index contributed by atoms with van der Waals surface area (Å²) in [5.74, 6) is -2.40. The van der Waals surface area contributed by atoms with Crippen molar-refractivity contribution in [3.63, 3.8) is 0 Å². The molecule has 1 N–H and O–H groups in total. The number of esters is 2. The van der Waals surface area contributed by atoms with Crippen LogP contribution >= 0.6 is 0 Å². The number of benzene rings is 2. The van der Waals surface area contributed by atoms with Crippen molar-refractivity contribution < 1.29 is 28.3 Å². The van der Waals surface area contributed by atoms with Gasteiger partial charge in [0.15, 0.2) is 12.0 Å². The number of ether oxygens (including phenoxy) is 2. The van der Waals surface area contributed by atoms with E-state index < -0.39 is 29.9 Å². The highest BCUT2D eigenvalue weighted by Crippen LogP contribution is 2.18. The Bertz CT molecular complexity index is 1160. The lowest BCUT2D eigenvalue weighted by atomic mass is 10.1. The van der Waals surface area contributed by atoms with E-state index >= 15 is 0 Å². The molecular weight excluding hydrogens is 378 g/mol. The quantitative estimate of drug-likeness (QED) is 0.661. The van der Waals surface area contributed by atoms with Crippen molar-refractivity contribution in [1.29, 1.82) is 0 Å². The van der Waals surface area contributed by atoms with Crippen LogP contribution in [0.25, 0.3) is 11.0 Å². The molecule has 1 aromatic heterocycles. The van der Waals surface area contributed by atoms with Crippen LogP contribution in [0.4, 0.5) is 5.69 Å². The minimum absolute atomic E-state index is 0.242. The first-order valence-electron chi connectivity index (χ1n) is 8.58. The zero-order valence-corrected chi connectivity index (χ0v) is 15.7. The first-order valence-corrected chi connectivity index (χ1v) is 8.58. The molecule has 29 heavy (non-hydrogen) atoms. The second kappa shape index (κ2) is 8.39. The summed E-state index contributed by atoms with van der Waals surface area (Å²) in [5, 5.41) is 2.90. The smallest absolute Gasteiger partial charge is 0.374 e. The first-order chi connectivity index (χ1) is 13.9. The van der Waals surface area contributed by atoms with E-state index in [-0.39, 0.29) is 16.9 Å². The Morgan fingerprint density at radius 2 is 1.79 bits per heavy atom. The minimum atomic E-state index is -0.942. The van der Waals surface area contributed by atoms with Crippen LogP contribution in [0.5, 0.6) is 0 Å². The fourth-order valence-electron chi connectivity index (χ4n) is 2.59. The van der Waals surface area contributed by atoms with Gasteiger partial charge >= 0.3 is 11.9 Å². The van der Waals surface area contributed by atoms with E-state index in [0.29, 0.717) is 16.6 Å². The molecule has 1 heterocycles. The van der Waals surface area contributed by atoms with E-state index in [0.717, 1.165) is 6.07 Å². The minimum Gasteiger partial charge on any atom is -0.465 e. The lowest BCUT2D eigenvalue weighted by molar-refractivity contribution is -0.119. The third-order valence-electron chi connectivity index (χ3n) is 4.10. The van der Waals surface area contributed by atoms with Gasteiger partial charge in [-0.2, -0.15) is 0 Å². The Labute approximate surface area is 165 Å². The number of amides is 1. The fraction of sp³-hybridized carbons (Fsp3) is 0.143. The molecule has 0 saturated carbocycles. The van der Waals surface area contributed by atoms with Crippen molar-refractivity contribution in [2.45, 2.75) is 6.92 Å². The summed E-state index contributed by atoms with van der Waals surface area (Å²) in [6.07, 6.45) is 0. The van der Waals surface area contributed by atoms with Crippen LogP contribution in [0.1, 0.15) is 26.5 Å². The van der Waals surface area contributed by atoms with Crippen molar-refractivity contribution >= 4 is 34.5 Å². The number of hydrogen-bond acceptors (Lipinski definition) is 7. The SMILES string of the molecule is COC(=O)c1ccc(C)c(NC(=O)COC(=O)c2cc(=O)c3ccccc3o2)c1. The summed E-state index contributed by atoms with van der Waals surface area (Å²) < 4.78 is 14.9. The van der Waals surface area contributed by atoms with Gasteiger partial charge in [0.25, 0.3) is 5.91 Å². The predicted molar refractivity (Wildman–Crippen MR) is 104 cm³/mol. The molecule has 3 rings (SSSR count). The van der Waals surface area contributed by atoms with Gasteiger partial charge in [-0.1, -0.05) is 18.2 Å². The number of carbonyl (C=O) groups is 3. The number of hydrogen-bond donors (Lipinski definition) is 1. The molecule has 1 amide bonds. The maximum absolute atomic E-state index is 12.2. The van der Waals surface area contributed by atoms with Gasteiger partial charge in [-0.05, 0) is 36.8 Å². The van der Waals surface area contributed by atoms with Crippen LogP contribution in [0.3, 0.4) is 0 Å². The van der Waals surface area contributed by atoms with Gasteiger partial charge in [0.2, 0.25) is 5.76 Å². The highest BCUT2D eigenvalue weighted by molar-refractivity contribution is 5.97. The number of aryl methyl sites for hydroxylation is 1. The van der Waals surface area contributed by atoms with Crippen molar-refractivity contribution in [3.8, 4) is 0 Å². The highest BCUT2D eigenvalue weighted by atomic mass is 16.5. The molecular formula is C21H17NO7. The van der Waals surface area contributed by atoms with E-state index in [1.807, 2.05) is 0 Å².